The minimum atomic E-state index is -1.56. The molecule has 0 saturated heterocycles. The minimum Gasteiger partial charge on any atom is -0.542 e. The Morgan fingerprint density at radius 2 is 2.15 bits per heavy atom. The SMILES string of the molecule is CC(=O)N[C@@H]1CC=C(C(=O)[O-])O[C@H]1[C@H](O)[C@H](O)CO.[Na+]. The van der Waals surface area contributed by atoms with Gasteiger partial charge < -0.3 is 35.3 Å². The molecule has 0 unspecified atom stereocenters. The maximum absolute atomic E-state index is 11.0. The molecule has 0 bridgehead atoms. The van der Waals surface area contributed by atoms with E-state index in [0.29, 0.717) is 0 Å². The van der Waals surface area contributed by atoms with Gasteiger partial charge in [-0.15, -0.1) is 0 Å². The van der Waals surface area contributed by atoms with Crippen molar-refractivity contribution in [3.8, 4) is 0 Å². The van der Waals surface area contributed by atoms with Gasteiger partial charge in [0, 0.05) is 6.92 Å². The maximum atomic E-state index is 11.0. The second kappa shape index (κ2) is 8.60. The van der Waals surface area contributed by atoms with Crippen LogP contribution in [0.1, 0.15) is 13.3 Å². The Bertz CT molecular complexity index is 387. The van der Waals surface area contributed by atoms with Crippen LogP contribution in [0.15, 0.2) is 11.8 Å². The largest absolute Gasteiger partial charge is 1.00 e. The third-order valence-electron chi connectivity index (χ3n) is 2.72. The number of aliphatic hydroxyl groups excluding tert-OH is 3. The van der Waals surface area contributed by atoms with Crippen molar-refractivity contribution in [1.82, 2.24) is 5.32 Å². The van der Waals surface area contributed by atoms with Crippen LogP contribution >= 0.6 is 0 Å². The molecule has 108 valence electrons. The number of carbonyl (C=O) groups is 2. The van der Waals surface area contributed by atoms with Crippen LogP contribution in [0.5, 0.6) is 0 Å². The first-order valence-corrected chi connectivity index (χ1v) is 5.69. The minimum absolute atomic E-state index is 0. The van der Waals surface area contributed by atoms with E-state index >= 15 is 0 Å². The summed E-state index contributed by atoms with van der Waals surface area (Å²) < 4.78 is 5.01. The van der Waals surface area contributed by atoms with E-state index in [9.17, 15) is 24.9 Å². The Labute approximate surface area is 137 Å². The van der Waals surface area contributed by atoms with Gasteiger partial charge in [0.25, 0.3) is 0 Å². The molecule has 0 fully saturated rings. The van der Waals surface area contributed by atoms with Crippen molar-refractivity contribution < 1.29 is 64.3 Å². The number of nitrogens with one attached hydrogen (secondary N) is 1. The first-order chi connectivity index (χ1) is 8.86. The Balaban J connectivity index is 0.00000361. The van der Waals surface area contributed by atoms with Crippen LogP contribution in [0.3, 0.4) is 0 Å². The average molecular weight is 297 g/mol. The predicted octanol–water partition coefficient (Wildman–Crippen LogP) is -6.37. The van der Waals surface area contributed by atoms with E-state index in [1.807, 2.05) is 0 Å². The molecule has 1 aliphatic rings. The van der Waals surface area contributed by atoms with Crippen LogP contribution in [-0.2, 0) is 14.3 Å². The molecule has 0 spiro atoms. The molecule has 20 heavy (non-hydrogen) atoms. The molecular formula is C11H16NNaO7. The Kier molecular flexibility index (Phi) is 8.33. The summed E-state index contributed by atoms with van der Waals surface area (Å²) >= 11 is 0. The van der Waals surface area contributed by atoms with Crippen LogP contribution in [0.4, 0.5) is 0 Å². The molecule has 0 aliphatic carbocycles. The van der Waals surface area contributed by atoms with Crippen molar-refractivity contribution >= 4 is 11.9 Å². The first-order valence-electron chi connectivity index (χ1n) is 5.69. The normalized spacial score (nSPS) is 24.5. The summed E-state index contributed by atoms with van der Waals surface area (Å²) in [4.78, 5) is 21.7. The molecule has 1 heterocycles. The summed E-state index contributed by atoms with van der Waals surface area (Å²) in [6.07, 6.45) is -2.94. The number of hydrogen-bond acceptors (Lipinski definition) is 7. The van der Waals surface area contributed by atoms with Crippen LogP contribution in [0.25, 0.3) is 0 Å². The van der Waals surface area contributed by atoms with Crippen molar-refractivity contribution in [2.24, 2.45) is 0 Å². The molecule has 8 nitrogen and oxygen atoms in total. The monoisotopic (exact) mass is 297 g/mol. The maximum Gasteiger partial charge on any atom is 1.00 e. The van der Waals surface area contributed by atoms with Gasteiger partial charge in [-0.05, 0) is 12.5 Å². The summed E-state index contributed by atoms with van der Waals surface area (Å²) in [5.41, 5.74) is 0. The second-order valence-corrected chi connectivity index (χ2v) is 4.22. The smallest absolute Gasteiger partial charge is 0.542 e. The number of carboxylic acid groups (broad SMARTS) is 1. The number of rotatable bonds is 5. The van der Waals surface area contributed by atoms with Gasteiger partial charge in [0.15, 0.2) is 0 Å². The van der Waals surface area contributed by atoms with Crippen LogP contribution in [0, 0.1) is 0 Å². The number of carboxylic acids is 1. The molecule has 0 radical (unpaired) electrons. The van der Waals surface area contributed by atoms with Crippen LogP contribution < -0.4 is 40.0 Å². The van der Waals surface area contributed by atoms with E-state index < -0.39 is 48.6 Å². The number of aliphatic hydroxyl groups is 3. The quantitative estimate of drug-likeness (QED) is 0.370. The molecule has 1 amide bonds. The summed E-state index contributed by atoms with van der Waals surface area (Å²) in [6, 6.07) is -0.711. The van der Waals surface area contributed by atoms with Gasteiger partial charge in [-0.2, -0.15) is 0 Å². The van der Waals surface area contributed by atoms with E-state index in [-0.39, 0.29) is 36.0 Å². The van der Waals surface area contributed by atoms with E-state index in [1.54, 1.807) is 0 Å². The van der Waals surface area contributed by atoms with Gasteiger partial charge >= 0.3 is 29.6 Å². The Morgan fingerprint density at radius 1 is 1.55 bits per heavy atom. The molecule has 0 saturated carbocycles. The van der Waals surface area contributed by atoms with Crippen molar-refractivity contribution in [2.75, 3.05) is 6.61 Å². The van der Waals surface area contributed by atoms with E-state index in [2.05, 4.69) is 5.32 Å². The third-order valence-corrected chi connectivity index (χ3v) is 2.72. The van der Waals surface area contributed by atoms with Crippen LogP contribution in [-0.4, -0.2) is 58.2 Å². The second-order valence-electron chi connectivity index (χ2n) is 4.22. The average Bonchev–Trinajstić information content (AvgIpc) is 2.36. The van der Waals surface area contributed by atoms with E-state index in [4.69, 9.17) is 9.84 Å². The molecule has 0 aromatic rings. The molecule has 9 heteroatoms. The predicted molar refractivity (Wildman–Crippen MR) is 59.3 cm³/mol. The fraction of sp³-hybridized carbons (Fsp3) is 0.636. The molecule has 4 N–H and O–H groups in total. The summed E-state index contributed by atoms with van der Waals surface area (Å²) in [5.74, 6) is -2.43. The summed E-state index contributed by atoms with van der Waals surface area (Å²) in [7, 11) is 0. The zero-order chi connectivity index (χ0) is 14.6. The fourth-order valence-corrected chi connectivity index (χ4v) is 1.81. The first kappa shape index (κ1) is 19.4. The number of aliphatic carboxylic acids is 1. The molecule has 4 atom stereocenters. The third kappa shape index (κ3) is 5.04. The van der Waals surface area contributed by atoms with Crippen molar-refractivity contribution in [3.05, 3.63) is 11.8 Å². The number of carbonyl (C=O) groups excluding carboxylic acids is 2. The van der Waals surface area contributed by atoms with Crippen LogP contribution in [0.2, 0.25) is 0 Å². The molecule has 0 aromatic heterocycles. The Hall–Kier alpha value is -0.640. The summed E-state index contributed by atoms with van der Waals surface area (Å²) in [5, 5.41) is 41.1. The van der Waals surface area contributed by atoms with Crippen molar-refractivity contribution in [1.29, 1.82) is 0 Å². The van der Waals surface area contributed by atoms with Gasteiger partial charge in [0.05, 0.1) is 12.6 Å². The van der Waals surface area contributed by atoms with E-state index in [0.717, 1.165) is 0 Å². The topological polar surface area (TPSA) is 139 Å². The Morgan fingerprint density at radius 3 is 2.60 bits per heavy atom. The zero-order valence-electron chi connectivity index (χ0n) is 11.3. The number of ether oxygens (including phenoxy) is 1. The van der Waals surface area contributed by atoms with Crippen molar-refractivity contribution in [2.45, 2.75) is 37.7 Å². The molecule has 1 rings (SSSR count). The standard InChI is InChI=1S/C11H17NO7.Na/c1-5(14)12-6-2-3-8(11(17)18)19-10(6)9(16)7(15)4-13;/h3,6-7,9-10,13,15-16H,2,4H2,1H3,(H,12,14)(H,17,18);/q;+1/p-1/t6-,7-,9-,10-;/m1./s1. The molecular weight excluding hydrogens is 281 g/mol. The van der Waals surface area contributed by atoms with Gasteiger partial charge in [0.1, 0.15) is 30.0 Å². The van der Waals surface area contributed by atoms with Gasteiger partial charge in [0.2, 0.25) is 5.91 Å². The number of hydrogen-bond donors (Lipinski definition) is 4. The molecule has 1 aliphatic heterocycles. The summed E-state index contributed by atoms with van der Waals surface area (Å²) in [6.45, 7) is 0.530. The number of amides is 1. The van der Waals surface area contributed by atoms with Gasteiger partial charge in [-0.3, -0.25) is 4.79 Å². The van der Waals surface area contributed by atoms with Gasteiger partial charge in [-0.1, -0.05) is 0 Å². The molecule has 0 aromatic carbocycles. The van der Waals surface area contributed by atoms with Gasteiger partial charge in [-0.25, -0.2) is 0 Å². The van der Waals surface area contributed by atoms with Crippen molar-refractivity contribution in [3.63, 3.8) is 0 Å². The zero-order valence-corrected chi connectivity index (χ0v) is 13.3. The fourth-order valence-electron chi connectivity index (χ4n) is 1.81. The van der Waals surface area contributed by atoms with E-state index in [1.165, 1.54) is 13.0 Å².